The van der Waals surface area contributed by atoms with Crippen LogP contribution in [0.3, 0.4) is 0 Å². The zero-order valence-corrected chi connectivity index (χ0v) is 14.4. The van der Waals surface area contributed by atoms with Crippen LogP contribution in [0.15, 0.2) is 18.7 Å². The van der Waals surface area contributed by atoms with Gasteiger partial charge in [-0.2, -0.15) is 18.3 Å². The third kappa shape index (κ3) is 3.81. The Bertz CT molecular complexity index is 761. The summed E-state index contributed by atoms with van der Waals surface area (Å²) in [6, 6.07) is -2.81. The number of urea groups is 1. The number of carbonyl (C=O) groups is 1. The molecule has 142 valence electrons. The highest BCUT2D eigenvalue weighted by atomic mass is 19.4. The molecule has 0 aromatic carbocycles. The van der Waals surface area contributed by atoms with Gasteiger partial charge in [-0.15, -0.1) is 10.2 Å². The van der Waals surface area contributed by atoms with E-state index >= 15 is 0 Å². The Labute approximate surface area is 148 Å². The highest BCUT2D eigenvalue weighted by Crippen LogP contribution is 2.33. The predicted molar refractivity (Wildman–Crippen MR) is 85.1 cm³/mol. The van der Waals surface area contributed by atoms with Crippen LogP contribution in [-0.2, 0) is 14.1 Å². The fourth-order valence-electron chi connectivity index (χ4n) is 3.16. The average Bonchev–Trinajstić information content (AvgIpc) is 3.20. The van der Waals surface area contributed by atoms with Crippen LogP contribution in [0.25, 0.3) is 0 Å². The molecule has 1 N–H and O–H groups in total. The molecule has 1 aliphatic heterocycles. The smallest absolute Gasteiger partial charge is 0.325 e. The Balaban J connectivity index is 1.63. The van der Waals surface area contributed by atoms with Gasteiger partial charge < -0.3 is 14.8 Å². The highest BCUT2D eigenvalue weighted by molar-refractivity contribution is 5.75. The molecular weight excluding hydrogens is 351 g/mol. The summed E-state index contributed by atoms with van der Waals surface area (Å²) in [6.07, 6.45) is 0.621. The van der Waals surface area contributed by atoms with Crippen molar-refractivity contribution in [3.63, 3.8) is 0 Å². The van der Waals surface area contributed by atoms with Crippen LogP contribution < -0.4 is 5.32 Å². The fourth-order valence-corrected chi connectivity index (χ4v) is 3.16. The van der Waals surface area contributed by atoms with Gasteiger partial charge in [-0.25, -0.2) is 4.79 Å². The Morgan fingerprint density at radius 2 is 2.00 bits per heavy atom. The molecule has 3 rings (SSSR count). The van der Waals surface area contributed by atoms with Gasteiger partial charge in [-0.05, 0) is 12.8 Å². The topological polar surface area (TPSA) is 80.9 Å². The number of nitrogens with one attached hydrogen (secondary N) is 1. The van der Waals surface area contributed by atoms with Gasteiger partial charge in [0.1, 0.15) is 12.2 Å². The third-order valence-corrected chi connectivity index (χ3v) is 4.55. The van der Waals surface area contributed by atoms with Crippen molar-refractivity contribution in [3.8, 4) is 0 Å². The van der Waals surface area contributed by atoms with Gasteiger partial charge in [-0.1, -0.05) is 0 Å². The maximum absolute atomic E-state index is 13.3. The minimum Gasteiger partial charge on any atom is -0.325 e. The lowest BCUT2D eigenvalue weighted by atomic mass is 9.96. The van der Waals surface area contributed by atoms with Crippen molar-refractivity contribution in [2.75, 3.05) is 13.1 Å². The van der Waals surface area contributed by atoms with Crippen LogP contribution in [0.5, 0.6) is 0 Å². The van der Waals surface area contributed by atoms with E-state index in [4.69, 9.17) is 0 Å². The molecular formula is C15H20F3N7O. The Hall–Kier alpha value is -2.59. The van der Waals surface area contributed by atoms with E-state index in [9.17, 15) is 18.0 Å². The molecule has 1 saturated heterocycles. The first kappa shape index (κ1) is 18.2. The van der Waals surface area contributed by atoms with E-state index in [0.717, 1.165) is 12.0 Å². The van der Waals surface area contributed by atoms with Crippen molar-refractivity contribution >= 4 is 6.03 Å². The molecule has 2 aromatic heterocycles. The number of aromatic nitrogens is 5. The quantitative estimate of drug-likeness (QED) is 0.891. The first-order chi connectivity index (χ1) is 12.3. The number of piperidine rings is 1. The van der Waals surface area contributed by atoms with Crippen LogP contribution in [0.4, 0.5) is 18.0 Å². The molecule has 2 aromatic rings. The second-order valence-corrected chi connectivity index (χ2v) is 6.43. The molecule has 1 atom stereocenters. The SMILES string of the molecule is Cn1cc(C(NC(=O)N2CCC(c3nncn3C)CC2)C(F)(F)F)cn1. The molecule has 0 aliphatic carbocycles. The van der Waals surface area contributed by atoms with Crippen molar-refractivity contribution < 1.29 is 18.0 Å². The first-order valence-corrected chi connectivity index (χ1v) is 8.20. The van der Waals surface area contributed by atoms with Gasteiger partial charge >= 0.3 is 12.2 Å². The zero-order chi connectivity index (χ0) is 18.9. The van der Waals surface area contributed by atoms with Crippen LogP contribution in [0.1, 0.15) is 36.2 Å². The summed E-state index contributed by atoms with van der Waals surface area (Å²) in [5, 5.41) is 13.8. The first-order valence-electron chi connectivity index (χ1n) is 8.20. The van der Waals surface area contributed by atoms with E-state index in [-0.39, 0.29) is 11.5 Å². The summed E-state index contributed by atoms with van der Waals surface area (Å²) >= 11 is 0. The lowest BCUT2D eigenvalue weighted by Crippen LogP contribution is -2.48. The third-order valence-electron chi connectivity index (χ3n) is 4.55. The highest BCUT2D eigenvalue weighted by Gasteiger charge is 2.43. The lowest BCUT2D eigenvalue weighted by Gasteiger charge is -2.33. The molecule has 0 saturated carbocycles. The summed E-state index contributed by atoms with van der Waals surface area (Å²) in [7, 11) is 3.37. The summed E-state index contributed by atoms with van der Waals surface area (Å²) in [5.74, 6) is 0.969. The molecule has 1 fully saturated rings. The Morgan fingerprint density at radius 3 is 2.50 bits per heavy atom. The molecule has 8 nitrogen and oxygen atoms in total. The number of nitrogens with zero attached hydrogens (tertiary/aromatic N) is 6. The van der Waals surface area contributed by atoms with Crippen LogP contribution in [0, 0.1) is 0 Å². The Morgan fingerprint density at radius 1 is 1.31 bits per heavy atom. The van der Waals surface area contributed by atoms with Crippen LogP contribution >= 0.6 is 0 Å². The van der Waals surface area contributed by atoms with E-state index in [2.05, 4.69) is 20.6 Å². The van der Waals surface area contributed by atoms with Gasteiger partial charge in [0.25, 0.3) is 0 Å². The van der Waals surface area contributed by atoms with Crippen molar-refractivity contribution in [2.24, 2.45) is 14.1 Å². The molecule has 0 radical (unpaired) electrons. The number of likely N-dealkylation sites (tertiary alicyclic amines) is 1. The summed E-state index contributed by atoms with van der Waals surface area (Å²) in [4.78, 5) is 13.8. The molecule has 1 aliphatic rings. The molecule has 1 unspecified atom stereocenters. The monoisotopic (exact) mass is 371 g/mol. The molecule has 11 heteroatoms. The maximum atomic E-state index is 13.3. The minimum absolute atomic E-state index is 0.0951. The number of carbonyl (C=O) groups excluding carboxylic acids is 1. The van der Waals surface area contributed by atoms with Gasteiger partial charge in [0.15, 0.2) is 6.04 Å². The number of hydrogen-bond acceptors (Lipinski definition) is 4. The predicted octanol–water partition coefficient (Wildman–Crippen LogP) is 1.74. The van der Waals surface area contributed by atoms with Gasteiger partial charge in [0.2, 0.25) is 0 Å². The standard InChI is InChI=1S/C15H20F3N7O/c1-23-9-19-22-13(23)10-3-5-25(6-4-10)14(26)21-12(15(16,17)18)11-7-20-24(2)8-11/h7-10,12H,3-6H2,1-2H3,(H,21,26). The second-order valence-electron chi connectivity index (χ2n) is 6.43. The van der Waals surface area contributed by atoms with Gasteiger partial charge in [0.05, 0.1) is 6.20 Å². The van der Waals surface area contributed by atoms with Crippen LogP contribution in [0.2, 0.25) is 0 Å². The number of hydrogen-bond donors (Lipinski definition) is 1. The van der Waals surface area contributed by atoms with Crippen molar-refractivity contribution in [3.05, 3.63) is 30.1 Å². The molecule has 2 amide bonds. The Kier molecular flexibility index (Phi) is 4.88. The second kappa shape index (κ2) is 6.96. The summed E-state index contributed by atoms with van der Waals surface area (Å²) < 4.78 is 43.1. The normalized spacial score (nSPS) is 17.3. The van der Waals surface area contributed by atoms with E-state index in [1.807, 2.05) is 11.6 Å². The zero-order valence-electron chi connectivity index (χ0n) is 14.4. The van der Waals surface area contributed by atoms with E-state index in [0.29, 0.717) is 25.9 Å². The van der Waals surface area contributed by atoms with E-state index < -0.39 is 18.2 Å². The van der Waals surface area contributed by atoms with E-state index in [1.54, 1.807) is 6.33 Å². The molecule has 26 heavy (non-hydrogen) atoms. The van der Waals surface area contributed by atoms with E-state index in [1.165, 1.54) is 22.8 Å². The number of rotatable bonds is 3. The van der Waals surface area contributed by atoms with Gasteiger partial charge in [-0.3, -0.25) is 4.68 Å². The summed E-state index contributed by atoms with van der Waals surface area (Å²) in [5.41, 5.74) is -0.0951. The molecule has 3 heterocycles. The number of halogens is 3. The van der Waals surface area contributed by atoms with Crippen molar-refractivity contribution in [2.45, 2.75) is 31.0 Å². The average molecular weight is 371 g/mol. The van der Waals surface area contributed by atoms with Crippen LogP contribution in [-0.4, -0.2) is 54.7 Å². The van der Waals surface area contributed by atoms with Crippen molar-refractivity contribution in [1.82, 2.24) is 34.8 Å². The largest absolute Gasteiger partial charge is 0.413 e. The number of amides is 2. The molecule has 0 bridgehead atoms. The minimum atomic E-state index is -4.60. The maximum Gasteiger partial charge on any atom is 0.413 e. The number of alkyl halides is 3. The number of aryl methyl sites for hydroxylation is 2. The molecule has 0 spiro atoms. The summed E-state index contributed by atoms with van der Waals surface area (Å²) in [6.45, 7) is 0.724. The lowest BCUT2D eigenvalue weighted by molar-refractivity contribution is -0.155. The van der Waals surface area contributed by atoms with Gasteiger partial charge in [0, 0.05) is 44.9 Å². The fraction of sp³-hybridized carbons (Fsp3) is 0.600. The van der Waals surface area contributed by atoms with Crippen molar-refractivity contribution in [1.29, 1.82) is 0 Å².